The summed E-state index contributed by atoms with van der Waals surface area (Å²) < 4.78 is 19.7. The van der Waals surface area contributed by atoms with Crippen molar-refractivity contribution < 1.29 is 19.0 Å². The molecule has 4 aromatic rings. The number of carbonyl (C=O) groups excluding carboxylic acids is 1. The Balaban J connectivity index is 1.29. The van der Waals surface area contributed by atoms with Crippen LogP contribution in [0.2, 0.25) is 0 Å². The zero-order chi connectivity index (χ0) is 21.4. The van der Waals surface area contributed by atoms with Gasteiger partial charge in [-0.3, -0.25) is 4.79 Å². The summed E-state index contributed by atoms with van der Waals surface area (Å²) in [6, 6.07) is 11.5. The molecule has 0 fully saturated rings. The van der Waals surface area contributed by atoms with Crippen LogP contribution >= 0.6 is 11.3 Å². The molecule has 3 aromatic heterocycles. The molecule has 0 aliphatic carbocycles. The number of benzene rings is 1. The Morgan fingerprint density at radius 2 is 2.06 bits per heavy atom. The van der Waals surface area contributed by atoms with Crippen molar-refractivity contribution in [1.82, 2.24) is 14.5 Å². The molecule has 158 valence electrons. The van der Waals surface area contributed by atoms with Crippen molar-refractivity contribution >= 4 is 27.3 Å². The van der Waals surface area contributed by atoms with Crippen LogP contribution in [0, 0.1) is 13.8 Å². The van der Waals surface area contributed by atoms with Crippen LogP contribution in [-0.4, -0.2) is 39.6 Å². The summed E-state index contributed by atoms with van der Waals surface area (Å²) in [4.78, 5) is 22.1. The second-order valence-electron chi connectivity index (χ2n) is 7.42. The van der Waals surface area contributed by atoms with Crippen LogP contribution in [0.1, 0.15) is 21.7 Å². The van der Waals surface area contributed by atoms with E-state index in [0.717, 1.165) is 33.1 Å². The second-order valence-corrected chi connectivity index (χ2v) is 8.32. The minimum atomic E-state index is -0.133. The molecule has 1 aliphatic heterocycles. The predicted molar refractivity (Wildman–Crippen MR) is 117 cm³/mol. The van der Waals surface area contributed by atoms with Gasteiger partial charge in [0.25, 0.3) is 0 Å². The van der Waals surface area contributed by atoms with Gasteiger partial charge in [-0.1, -0.05) is 12.1 Å². The number of para-hydroxylation sites is 2. The maximum absolute atomic E-state index is 12.9. The van der Waals surface area contributed by atoms with E-state index in [1.165, 1.54) is 17.7 Å². The summed E-state index contributed by atoms with van der Waals surface area (Å²) in [7, 11) is 0. The Bertz CT molecular complexity index is 1260. The van der Waals surface area contributed by atoms with Crippen LogP contribution in [0.3, 0.4) is 0 Å². The monoisotopic (exact) mass is 435 g/mol. The van der Waals surface area contributed by atoms with Gasteiger partial charge in [-0.05, 0) is 43.5 Å². The highest BCUT2D eigenvalue weighted by Gasteiger charge is 2.24. The van der Waals surface area contributed by atoms with E-state index in [1.807, 2.05) is 55.6 Å². The fraction of sp³-hybridized carbons (Fsp3) is 0.261. The Kier molecular flexibility index (Phi) is 5.07. The molecule has 0 saturated carbocycles. The van der Waals surface area contributed by atoms with Crippen LogP contribution in [0.4, 0.5) is 0 Å². The van der Waals surface area contributed by atoms with Gasteiger partial charge in [-0.15, -0.1) is 11.3 Å². The molecular weight excluding hydrogens is 414 g/mol. The fourth-order valence-electron chi connectivity index (χ4n) is 3.82. The number of nitrogens with zero attached hydrogens (tertiary/aromatic N) is 3. The first-order chi connectivity index (χ1) is 15.1. The summed E-state index contributed by atoms with van der Waals surface area (Å²) in [6.07, 6.45) is 1.32. The van der Waals surface area contributed by atoms with E-state index in [4.69, 9.17) is 14.2 Å². The number of carbonyl (C=O) groups is 1. The zero-order valence-corrected chi connectivity index (χ0v) is 18.0. The molecule has 1 atom stereocenters. The van der Waals surface area contributed by atoms with Crippen molar-refractivity contribution in [2.24, 2.45) is 0 Å². The highest BCUT2D eigenvalue weighted by atomic mass is 32.1. The Labute approximate surface area is 183 Å². The van der Waals surface area contributed by atoms with Crippen molar-refractivity contribution in [3.05, 3.63) is 65.1 Å². The van der Waals surface area contributed by atoms with Gasteiger partial charge in [-0.2, -0.15) is 0 Å². The van der Waals surface area contributed by atoms with Gasteiger partial charge in [0.2, 0.25) is 11.7 Å². The third-order valence-electron chi connectivity index (χ3n) is 5.39. The van der Waals surface area contributed by atoms with Crippen LogP contribution in [0.15, 0.2) is 48.1 Å². The quantitative estimate of drug-likeness (QED) is 0.422. The first kappa shape index (κ1) is 19.6. The third-order valence-corrected chi connectivity index (χ3v) is 6.21. The molecule has 1 aliphatic rings. The van der Waals surface area contributed by atoms with E-state index >= 15 is 0 Å². The molecule has 0 saturated heterocycles. The molecule has 0 radical (unpaired) electrons. The van der Waals surface area contributed by atoms with Crippen LogP contribution in [0.25, 0.3) is 10.2 Å². The highest BCUT2D eigenvalue weighted by Crippen LogP contribution is 2.32. The first-order valence-electron chi connectivity index (χ1n) is 9.99. The van der Waals surface area contributed by atoms with Gasteiger partial charge in [0, 0.05) is 17.0 Å². The zero-order valence-electron chi connectivity index (χ0n) is 17.2. The molecular formula is C23H21N3O4S. The maximum Gasteiger partial charge on any atom is 0.225 e. The van der Waals surface area contributed by atoms with Crippen LogP contribution in [-0.2, 0) is 6.54 Å². The number of aromatic nitrogens is 3. The number of hydrogen-bond donors (Lipinski definition) is 0. The number of rotatable bonds is 6. The number of fused-ring (bicyclic) bond motifs is 2. The Morgan fingerprint density at radius 3 is 2.94 bits per heavy atom. The minimum Gasteiger partial charge on any atom is -0.486 e. The van der Waals surface area contributed by atoms with E-state index in [2.05, 4.69) is 14.5 Å². The van der Waals surface area contributed by atoms with Crippen molar-refractivity contribution in [2.45, 2.75) is 26.5 Å². The molecule has 0 spiro atoms. The number of Topliss-reactive ketones (excluding diaryl/α,β-unsaturated/α-hetero) is 1. The minimum absolute atomic E-state index is 0.0807. The van der Waals surface area contributed by atoms with Crippen molar-refractivity contribution in [2.75, 3.05) is 13.2 Å². The normalized spacial score (nSPS) is 15.2. The van der Waals surface area contributed by atoms with E-state index in [9.17, 15) is 4.79 Å². The average Bonchev–Trinajstić information content (AvgIpc) is 3.38. The smallest absolute Gasteiger partial charge is 0.225 e. The summed E-state index contributed by atoms with van der Waals surface area (Å²) in [5, 5.41) is 2.75. The van der Waals surface area contributed by atoms with Gasteiger partial charge in [0.1, 0.15) is 17.8 Å². The van der Waals surface area contributed by atoms with Crippen molar-refractivity contribution in [1.29, 1.82) is 0 Å². The number of aryl methyl sites for hydroxylation is 1. The van der Waals surface area contributed by atoms with Crippen molar-refractivity contribution in [3.63, 3.8) is 0 Å². The van der Waals surface area contributed by atoms with Gasteiger partial charge in [0.05, 0.1) is 11.9 Å². The molecule has 31 heavy (non-hydrogen) atoms. The average molecular weight is 436 g/mol. The third kappa shape index (κ3) is 3.74. The summed E-state index contributed by atoms with van der Waals surface area (Å²) >= 11 is 1.51. The predicted octanol–water partition coefficient (Wildman–Crippen LogP) is 4.21. The van der Waals surface area contributed by atoms with Gasteiger partial charge in [0.15, 0.2) is 24.2 Å². The molecule has 1 aromatic carbocycles. The second kappa shape index (κ2) is 8.03. The lowest BCUT2D eigenvalue weighted by atomic mass is 10.1. The molecule has 0 amide bonds. The van der Waals surface area contributed by atoms with Crippen LogP contribution < -0.4 is 14.2 Å². The lowest BCUT2D eigenvalue weighted by Crippen LogP contribution is -2.33. The lowest BCUT2D eigenvalue weighted by Gasteiger charge is -2.27. The van der Waals surface area contributed by atoms with E-state index < -0.39 is 0 Å². The number of thiophene rings is 1. The summed E-state index contributed by atoms with van der Waals surface area (Å²) in [6.45, 7) is 4.91. The molecule has 0 unspecified atom stereocenters. The van der Waals surface area contributed by atoms with Gasteiger partial charge in [-0.25, -0.2) is 9.97 Å². The van der Waals surface area contributed by atoms with Crippen molar-refractivity contribution in [3.8, 4) is 17.4 Å². The number of ketones is 1. The Morgan fingerprint density at radius 1 is 1.23 bits per heavy atom. The fourth-order valence-corrected chi connectivity index (χ4v) is 4.54. The van der Waals surface area contributed by atoms with E-state index in [1.54, 1.807) is 0 Å². The number of hydrogen-bond acceptors (Lipinski definition) is 7. The molecule has 0 bridgehead atoms. The topological polar surface area (TPSA) is 75.5 Å². The molecule has 5 rings (SSSR count). The van der Waals surface area contributed by atoms with E-state index in [-0.39, 0.29) is 18.5 Å². The van der Waals surface area contributed by atoms with Gasteiger partial charge >= 0.3 is 0 Å². The SMILES string of the molecule is Cc1cc(C(=O)COc2ncnc3sccc23)c(C)n1C[C@H]1COc2ccccc2O1. The maximum atomic E-state index is 12.9. The van der Waals surface area contributed by atoms with Crippen LogP contribution in [0.5, 0.6) is 17.4 Å². The largest absolute Gasteiger partial charge is 0.486 e. The molecule has 4 heterocycles. The van der Waals surface area contributed by atoms with E-state index in [0.29, 0.717) is 24.6 Å². The lowest BCUT2D eigenvalue weighted by molar-refractivity contribution is 0.0777. The number of ether oxygens (including phenoxy) is 3. The molecule has 8 heteroatoms. The molecule has 7 nitrogen and oxygen atoms in total. The standard InChI is InChI=1S/C23H21N3O4S/c1-14-9-18(19(27)12-29-22-17-7-8-31-23(17)25-13-24-22)15(2)26(14)10-16-11-28-20-5-3-4-6-21(20)30-16/h3-9,13,16H,10-12H2,1-2H3/t16-/m0/s1. The van der Waals surface area contributed by atoms with Gasteiger partial charge < -0.3 is 18.8 Å². The Hall–Kier alpha value is -3.39. The summed E-state index contributed by atoms with van der Waals surface area (Å²) in [5.74, 6) is 1.85. The molecule has 0 N–H and O–H groups in total. The summed E-state index contributed by atoms with van der Waals surface area (Å²) in [5.41, 5.74) is 2.52. The highest BCUT2D eigenvalue weighted by molar-refractivity contribution is 7.16. The first-order valence-corrected chi connectivity index (χ1v) is 10.9.